The third-order valence-electron chi connectivity index (χ3n) is 0.897. The highest BCUT2D eigenvalue weighted by Crippen LogP contribution is 1.92. The third-order valence-corrected chi connectivity index (χ3v) is 2.69. The van der Waals surface area contributed by atoms with E-state index < -0.39 is 15.9 Å². The molecule has 0 rings (SSSR count). The molecule has 5 heteroatoms. The van der Waals surface area contributed by atoms with Gasteiger partial charge in [-0.25, -0.2) is 8.42 Å². The lowest BCUT2D eigenvalue weighted by molar-refractivity contribution is 0.217. The Balaban J connectivity index is 3.89. The van der Waals surface area contributed by atoms with Gasteiger partial charge in [-0.2, -0.15) is 0 Å². The molecule has 0 aromatic heterocycles. The fraction of sp³-hybridized carbons (Fsp3) is 1.00. The maximum Gasteiger partial charge on any atom is 0.155 e. The Hall–Kier alpha value is -0.130. The van der Waals surface area contributed by atoms with Crippen molar-refractivity contribution < 1.29 is 18.6 Å². The van der Waals surface area contributed by atoms with Gasteiger partial charge in [0.15, 0.2) is 9.84 Å². The van der Waals surface area contributed by atoms with E-state index in [4.69, 9.17) is 10.2 Å². The van der Waals surface area contributed by atoms with Crippen LogP contribution in [0.1, 0.15) is 6.92 Å². The molecule has 10 heavy (non-hydrogen) atoms. The summed E-state index contributed by atoms with van der Waals surface area (Å²) in [4.78, 5) is 0. The first kappa shape index (κ1) is 9.87. The molecule has 0 heterocycles. The molecule has 0 aromatic rings. The van der Waals surface area contributed by atoms with Crippen molar-refractivity contribution in [2.75, 3.05) is 18.1 Å². The van der Waals surface area contributed by atoms with Crippen LogP contribution in [-0.2, 0) is 9.84 Å². The van der Waals surface area contributed by atoms with E-state index in [2.05, 4.69) is 0 Å². The van der Waals surface area contributed by atoms with Crippen LogP contribution in [0.25, 0.3) is 0 Å². The predicted octanol–water partition coefficient (Wildman–Crippen LogP) is -1.23. The summed E-state index contributed by atoms with van der Waals surface area (Å²) in [5.41, 5.74) is 0. The van der Waals surface area contributed by atoms with Crippen LogP contribution < -0.4 is 0 Å². The van der Waals surface area contributed by atoms with Crippen molar-refractivity contribution in [1.29, 1.82) is 0 Å². The molecule has 0 aliphatic carbocycles. The van der Waals surface area contributed by atoms with Crippen molar-refractivity contribution >= 4 is 9.84 Å². The molecule has 0 aromatic carbocycles. The van der Waals surface area contributed by atoms with E-state index in [9.17, 15) is 8.42 Å². The lowest BCUT2D eigenvalue weighted by Crippen LogP contribution is -2.21. The van der Waals surface area contributed by atoms with E-state index in [1.807, 2.05) is 0 Å². The number of aliphatic hydroxyl groups is 2. The summed E-state index contributed by atoms with van der Waals surface area (Å²) >= 11 is 0. The highest BCUT2D eigenvalue weighted by molar-refractivity contribution is 7.91. The molecule has 62 valence electrons. The zero-order chi connectivity index (χ0) is 8.20. The molecule has 0 radical (unpaired) electrons. The van der Waals surface area contributed by atoms with Crippen LogP contribution in [0.4, 0.5) is 0 Å². The van der Waals surface area contributed by atoms with Crippen LogP contribution in [0.5, 0.6) is 0 Å². The topological polar surface area (TPSA) is 74.6 Å². The molecule has 4 nitrogen and oxygen atoms in total. The first-order valence-corrected chi connectivity index (χ1v) is 4.79. The summed E-state index contributed by atoms with van der Waals surface area (Å²) in [7, 11) is -3.23. The van der Waals surface area contributed by atoms with Gasteiger partial charge in [0.25, 0.3) is 0 Å². The maximum absolute atomic E-state index is 10.7. The highest BCUT2D eigenvalue weighted by atomic mass is 32.2. The average molecular weight is 168 g/mol. The first-order valence-electron chi connectivity index (χ1n) is 2.97. The van der Waals surface area contributed by atoms with E-state index in [0.717, 1.165) is 0 Å². The number of sulfone groups is 1. The van der Waals surface area contributed by atoms with Gasteiger partial charge in [0, 0.05) is 0 Å². The van der Waals surface area contributed by atoms with Crippen molar-refractivity contribution in [3.05, 3.63) is 0 Å². The highest BCUT2D eigenvalue weighted by Gasteiger charge is 2.12. The molecule has 0 amide bonds. The molecule has 0 bridgehead atoms. The second-order valence-electron chi connectivity index (χ2n) is 2.19. The van der Waals surface area contributed by atoms with Crippen molar-refractivity contribution in [3.63, 3.8) is 0 Å². The monoisotopic (exact) mass is 168 g/mol. The second-order valence-corrected chi connectivity index (χ2v) is 4.42. The van der Waals surface area contributed by atoms with Crippen LogP contribution in [0, 0.1) is 0 Å². The number of hydrogen-bond acceptors (Lipinski definition) is 4. The summed E-state index contributed by atoms with van der Waals surface area (Å²) in [5.74, 6) is -0.536. The van der Waals surface area contributed by atoms with Crippen molar-refractivity contribution in [3.8, 4) is 0 Å². The molecular weight excluding hydrogens is 156 g/mol. The summed E-state index contributed by atoms with van der Waals surface area (Å²) in [6.07, 6.45) is -0.850. The van der Waals surface area contributed by atoms with E-state index in [1.165, 1.54) is 6.92 Å². The van der Waals surface area contributed by atoms with Crippen LogP contribution in [0.3, 0.4) is 0 Å². The van der Waals surface area contributed by atoms with Gasteiger partial charge in [0.1, 0.15) is 0 Å². The quantitative estimate of drug-likeness (QED) is 0.551. The molecule has 0 fully saturated rings. The zero-order valence-electron chi connectivity index (χ0n) is 5.82. The summed E-state index contributed by atoms with van der Waals surface area (Å²) < 4.78 is 21.4. The molecule has 0 saturated carbocycles. The summed E-state index contributed by atoms with van der Waals surface area (Å²) in [6, 6.07) is 0. The average Bonchev–Trinajstić information content (AvgIpc) is 1.59. The Bertz CT molecular complexity index is 170. The van der Waals surface area contributed by atoms with Crippen molar-refractivity contribution in [1.82, 2.24) is 0 Å². The fourth-order valence-electron chi connectivity index (χ4n) is 0.590. The molecule has 0 spiro atoms. The van der Waals surface area contributed by atoms with Crippen LogP contribution in [-0.4, -0.2) is 42.8 Å². The van der Waals surface area contributed by atoms with Gasteiger partial charge in [-0.05, 0) is 6.92 Å². The molecule has 2 N–H and O–H groups in total. The van der Waals surface area contributed by atoms with Gasteiger partial charge in [0.05, 0.1) is 24.2 Å². The van der Waals surface area contributed by atoms with Gasteiger partial charge < -0.3 is 10.2 Å². The lowest BCUT2D eigenvalue weighted by atomic mass is 10.5. The van der Waals surface area contributed by atoms with Gasteiger partial charge in [0.2, 0.25) is 0 Å². The van der Waals surface area contributed by atoms with Crippen molar-refractivity contribution in [2.24, 2.45) is 0 Å². The van der Waals surface area contributed by atoms with Crippen LogP contribution in [0.15, 0.2) is 0 Å². The lowest BCUT2D eigenvalue weighted by Gasteiger charge is -2.03. The SMILES string of the molecule is CC(O)CS(=O)(=O)CCO. The van der Waals surface area contributed by atoms with Crippen LogP contribution >= 0.6 is 0 Å². The van der Waals surface area contributed by atoms with E-state index >= 15 is 0 Å². The molecule has 1 atom stereocenters. The molecular formula is C5H12O4S. The first-order chi connectivity index (χ1) is 4.48. The van der Waals surface area contributed by atoms with Gasteiger partial charge in [-0.1, -0.05) is 0 Å². The fourth-order valence-corrected chi connectivity index (χ4v) is 1.77. The van der Waals surface area contributed by atoms with Gasteiger partial charge in [-0.15, -0.1) is 0 Å². The Morgan fingerprint density at radius 2 is 2.00 bits per heavy atom. The predicted molar refractivity (Wildman–Crippen MR) is 37.4 cm³/mol. The van der Waals surface area contributed by atoms with E-state index in [-0.39, 0.29) is 18.1 Å². The number of hydrogen-bond donors (Lipinski definition) is 2. The Kier molecular flexibility index (Phi) is 3.85. The van der Waals surface area contributed by atoms with Crippen molar-refractivity contribution in [2.45, 2.75) is 13.0 Å². The minimum atomic E-state index is -3.23. The minimum Gasteiger partial charge on any atom is -0.395 e. The van der Waals surface area contributed by atoms with E-state index in [0.29, 0.717) is 0 Å². The Morgan fingerprint density at radius 1 is 1.50 bits per heavy atom. The summed E-state index contributed by atoms with van der Waals surface area (Å²) in [6.45, 7) is 1.02. The number of rotatable bonds is 4. The Morgan fingerprint density at radius 3 is 2.30 bits per heavy atom. The minimum absolute atomic E-state index is 0.266. The molecule has 1 unspecified atom stereocenters. The molecule has 0 aliphatic heterocycles. The summed E-state index contributed by atoms with van der Waals surface area (Å²) in [5, 5.41) is 16.9. The normalized spacial score (nSPS) is 15.1. The van der Waals surface area contributed by atoms with Gasteiger partial charge in [-0.3, -0.25) is 0 Å². The smallest absolute Gasteiger partial charge is 0.155 e. The van der Waals surface area contributed by atoms with Gasteiger partial charge >= 0.3 is 0 Å². The zero-order valence-corrected chi connectivity index (χ0v) is 6.63. The standard InChI is InChI=1S/C5H12O4S/c1-5(7)4-10(8,9)3-2-6/h5-7H,2-4H2,1H3. The van der Waals surface area contributed by atoms with E-state index in [1.54, 1.807) is 0 Å². The largest absolute Gasteiger partial charge is 0.395 e. The van der Waals surface area contributed by atoms with Crippen LogP contribution in [0.2, 0.25) is 0 Å². The molecule has 0 saturated heterocycles. The number of aliphatic hydroxyl groups excluding tert-OH is 2. The maximum atomic E-state index is 10.7. The Labute approximate surface area is 60.4 Å². The second kappa shape index (κ2) is 3.90. The molecule has 0 aliphatic rings. The third kappa shape index (κ3) is 4.72.